The highest BCUT2D eigenvalue weighted by molar-refractivity contribution is 5.32. The van der Waals surface area contributed by atoms with Crippen LogP contribution in [0.1, 0.15) is 31.9 Å². The minimum absolute atomic E-state index is 0.00163. The van der Waals surface area contributed by atoms with E-state index >= 15 is 0 Å². The van der Waals surface area contributed by atoms with Crippen LogP contribution in [-0.4, -0.2) is 16.7 Å². The zero-order valence-corrected chi connectivity index (χ0v) is 9.99. The van der Waals surface area contributed by atoms with E-state index in [1.807, 2.05) is 25.1 Å². The summed E-state index contributed by atoms with van der Waals surface area (Å²) in [6.45, 7) is 6.14. The van der Waals surface area contributed by atoms with Crippen LogP contribution in [0.25, 0.3) is 0 Å². The summed E-state index contributed by atoms with van der Waals surface area (Å²) in [6, 6.07) is 9.57. The molecule has 1 unspecified atom stereocenters. The predicted molar refractivity (Wildman–Crippen MR) is 63.8 cm³/mol. The SMILES string of the molecule is CC(NCc1cccc(C#N)c1)C(C)(C)O. The Kier molecular flexibility index (Phi) is 4.05. The number of nitriles is 1. The van der Waals surface area contributed by atoms with Crippen molar-refractivity contribution in [2.24, 2.45) is 0 Å². The van der Waals surface area contributed by atoms with Gasteiger partial charge in [-0.3, -0.25) is 0 Å². The van der Waals surface area contributed by atoms with Crippen molar-refractivity contribution in [2.75, 3.05) is 0 Å². The van der Waals surface area contributed by atoms with Gasteiger partial charge in [-0.05, 0) is 38.5 Å². The van der Waals surface area contributed by atoms with Crippen LogP contribution >= 0.6 is 0 Å². The van der Waals surface area contributed by atoms with Gasteiger partial charge >= 0.3 is 0 Å². The van der Waals surface area contributed by atoms with E-state index in [1.54, 1.807) is 19.9 Å². The lowest BCUT2D eigenvalue weighted by atomic mass is 10.0. The van der Waals surface area contributed by atoms with Gasteiger partial charge in [0, 0.05) is 12.6 Å². The van der Waals surface area contributed by atoms with Crippen LogP contribution < -0.4 is 5.32 Å². The number of rotatable bonds is 4. The highest BCUT2D eigenvalue weighted by Gasteiger charge is 2.21. The monoisotopic (exact) mass is 218 g/mol. The molecule has 86 valence electrons. The standard InChI is InChI=1S/C13H18N2O/c1-10(13(2,3)16)15-9-12-6-4-5-11(7-12)8-14/h4-7,10,15-16H,9H2,1-3H3. The molecule has 3 heteroatoms. The van der Waals surface area contributed by atoms with Crippen molar-refractivity contribution in [3.05, 3.63) is 35.4 Å². The lowest BCUT2D eigenvalue weighted by Gasteiger charge is -2.26. The zero-order valence-electron chi connectivity index (χ0n) is 9.99. The molecular formula is C13H18N2O. The topological polar surface area (TPSA) is 56.0 Å². The minimum Gasteiger partial charge on any atom is -0.389 e. The van der Waals surface area contributed by atoms with Gasteiger partial charge in [-0.25, -0.2) is 0 Å². The molecule has 1 atom stereocenters. The van der Waals surface area contributed by atoms with Crippen LogP contribution in [-0.2, 0) is 6.54 Å². The molecule has 0 aliphatic heterocycles. The average molecular weight is 218 g/mol. The summed E-state index contributed by atoms with van der Waals surface area (Å²) in [5.74, 6) is 0. The summed E-state index contributed by atoms with van der Waals surface area (Å²) >= 11 is 0. The minimum atomic E-state index is -0.743. The van der Waals surface area contributed by atoms with E-state index in [1.165, 1.54) is 0 Å². The fourth-order valence-corrected chi connectivity index (χ4v) is 1.27. The number of nitrogens with zero attached hydrogens (tertiary/aromatic N) is 1. The maximum atomic E-state index is 9.75. The average Bonchev–Trinajstić information content (AvgIpc) is 2.25. The van der Waals surface area contributed by atoms with Crippen molar-refractivity contribution in [1.29, 1.82) is 5.26 Å². The van der Waals surface area contributed by atoms with Crippen LogP contribution in [0.15, 0.2) is 24.3 Å². The lowest BCUT2D eigenvalue weighted by Crippen LogP contribution is -2.44. The first-order chi connectivity index (χ1) is 7.43. The summed E-state index contributed by atoms with van der Waals surface area (Å²) in [5.41, 5.74) is 0.970. The molecule has 0 radical (unpaired) electrons. The Balaban J connectivity index is 2.59. The third-order valence-electron chi connectivity index (χ3n) is 2.73. The quantitative estimate of drug-likeness (QED) is 0.810. The largest absolute Gasteiger partial charge is 0.389 e. The molecule has 0 saturated heterocycles. The Hall–Kier alpha value is -1.37. The maximum Gasteiger partial charge on any atom is 0.0991 e. The van der Waals surface area contributed by atoms with Gasteiger partial charge in [0.05, 0.1) is 17.2 Å². The number of hydrogen-bond acceptors (Lipinski definition) is 3. The summed E-state index contributed by atoms with van der Waals surface area (Å²) < 4.78 is 0. The normalized spacial score (nSPS) is 13.2. The van der Waals surface area contributed by atoms with Crippen LogP contribution in [0.4, 0.5) is 0 Å². The van der Waals surface area contributed by atoms with Crippen molar-refractivity contribution in [3.63, 3.8) is 0 Å². The molecule has 0 amide bonds. The molecule has 0 aromatic heterocycles. The second-order valence-corrected chi connectivity index (χ2v) is 4.57. The molecule has 1 aromatic rings. The van der Waals surface area contributed by atoms with E-state index < -0.39 is 5.60 Å². The number of aliphatic hydroxyl groups is 1. The van der Waals surface area contributed by atoms with E-state index in [2.05, 4.69) is 11.4 Å². The zero-order chi connectivity index (χ0) is 12.2. The molecule has 1 rings (SSSR count). The molecule has 16 heavy (non-hydrogen) atoms. The van der Waals surface area contributed by atoms with Crippen molar-refractivity contribution >= 4 is 0 Å². The smallest absolute Gasteiger partial charge is 0.0991 e. The van der Waals surface area contributed by atoms with Crippen molar-refractivity contribution in [2.45, 2.75) is 39.0 Å². The maximum absolute atomic E-state index is 9.75. The number of benzene rings is 1. The highest BCUT2D eigenvalue weighted by Crippen LogP contribution is 2.09. The first-order valence-corrected chi connectivity index (χ1v) is 5.38. The molecule has 0 saturated carbocycles. The van der Waals surface area contributed by atoms with Gasteiger partial charge in [0.1, 0.15) is 0 Å². The Labute approximate surface area is 96.7 Å². The molecular weight excluding hydrogens is 200 g/mol. The van der Waals surface area contributed by atoms with Crippen molar-refractivity contribution in [1.82, 2.24) is 5.32 Å². The van der Waals surface area contributed by atoms with Gasteiger partial charge < -0.3 is 10.4 Å². The molecule has 2 N–H and O–H groups in total. The second kappa shape index (κ2) is 5.11. The second-order valence-electron chi connectivity index (χ2n) is 4.57. The van der Waals surface area contributed by atoms with Crippen molar-refractivity contribution < 1.29 is 5.11 Å². The Morgan fingerprint density at radius 2 is 2.19 bits per heavy atom. The van der Waals surface area contributed by atoms with E-state index in [-0.39, 0.29) is 6.04 Å². The van der Waals surface area contributed by atoms with E-state index in [0.29, 0.717) is 12.1 Å². The van der Waals surface area contributed by atoms with E-state index in [4.69, 9.17) is 5.26 Å². The van der Waals surface area contributed by atoms with Gasteiger partial charge in [0.15, 0.2) is 0 Å². The van der Waals surface area contributed by atoms with Gasteiger partial charge in [-0.15, -0.1) is 0 Å². The molecule has 0 fully saturated rings. The molecule has 0 heterocycles. The van der Waals surface area contributed by atoms with E-state index in [0.717, 1.165) is 5.56 Å². The van der Waals surface area contributed by atoms with Crippen LogP contribution in [0.5, 0.6) is 0 Å². The lowest BCUT2D eigenvalue weighted by molar-refractivity contribution is 0.0437. The van der Waals surface area contributed by atoms with Gasteiger partial charge in [-0.1, -0.05) is 12.1 Å². The Morgan fingerprint density at radius 1 is 1.50 bits per heavy atom. The fourth-order valence-electron chi connectivity index (χ4n) is 1.27. The molecule has 0 bridgehead atoms. The summed E-state index contributed by atoms with van der Waals surface area (Å²) in [4.78, 5) is 0. The molecule has 3 nitrogen and oxygen atoms in total. The molecule has 0 spiro atoms. The number of nitrogens with one attached hydrogen (secondary N) is 1. The molecule has 0 aliphatic rings. The van der Waals surface area contributed by atoms with Gasteiger partial charge in [-0.2, -0.15) is 5.26 Å². The van der Waals surface area contributed by atoms with Crippen LogP contribution in [0.2, 0.25) is 0 Å². The Bertz CT molecular complexity index is 388. The third-order valence-corrected chi connectivity index (χ3v) is 2.73. The number of hydrogen-bond donors (Lipinski definition) is 2. The van der Waals surface area contributed by atoms with Gasteiger partial charge in [0.25, 0.3) is 0 Å². The highest BCUT2D eigenvalue weighted by atomic mass is 16.3. The Morgan fingerprint density at radius 3 is 2.75 bits per heavy atom. The van der Waals surface area contributed by atoms with Crippen LogP contribution in [0, 0.1) is 11.3 Å². The van der Waals surface area contributed by atoms with Crippen LogP contribution in [0.3, 0.4) is 0 Å². The predicted octanol–water partition coefficient (Wildman–Crippen LogP) is 1.81. The molecule has 1 aromatic carbocycles. The summed E-state index contributed by atoms with van der Waals surface area (Å²) in [5, 5.41) is 21.7. The third kappa shape index (κ3) is 3.65. The first-order valence-electron chi connectivity index (χ1n) is 5.38. The molecule has 0 aliphatic carbocycles. The van der Waals surface area contributed by atoms with E-state index in [9.17, 15) is 5.11 Å². The fraction of sp³-hybridized carbons (Fsp3) is 0.462. The van der Waals surface area contributed by atoms with Crippen molar-refractivity contribution in [3.8, 4) is 6.07 Å². The first kappa shape index (κ1) is 12.7. The van der Waals surface area contributed by atoms with Gasteiger partial charge in [0.2, 0.25) is 0 Å². The summed E-state index contributed by atoms with van der Waals surface area (Å²) in [7, 11) is 0. The summed E-state index contributed by atoms with van der Waals surface area (Å²) in [6.07, 6.45) is 0.